The highest BCUT2D eigenvalue weighted by atomic mass is 16.5. The van der Waals surface area contributed by atoms with Gasteiger partial charge in [0, 0.05) is 56.2 Å². The predicted octanol–water partition coefficient (Wildman–Crippen LogP) is 1.55. The van der Waals surface area contributed by atoms with Gasteiger partial charge < -0.3 is 19.8 Å². The molecular formula is C21H29N3O3. The number of aliphatic hydroxyl groups excluding tert-OH is 2. The number of morpholine rings is 1. The molecule has 2 aromatic rings. The van der Waals surface area contributed by atoms with Crippen molar-refractivity contribution < 1.29 is 14.9 Å². The van der Waals surface area contributed by atoms with Gasteiger partial charge in [-0.3, -0.25) is 4.90 Å². The van der Waals surface area contributed by atoms with Crippen LogP contribution in [0, 0.1) is 12.8 Å². The van der Waals surface area contributed by atoms with Crippen LogP contribution in [0.3, 0.4) is 0 Å². The fourth-order valence-electron chi connectivity index (χ4n) is 4.14. The van der Waals surface area contributed by atoms with Gasteiger partial charge in [0.05, 0.1) is 24.8 Å². The zero-order valence-corrected chi connectivity index (χ0v) is 16.0. The highest BCUT2D eigenvalue weighted by Gasteiger charge is 2.28. The molecule has 2 saturated heterocycles. The van der Waals surface area contributed by atoms with Gasteiger partial charge in [-0.2, -0.15) is 0 Å². The Balaban J connectivity index is 1.66. The molecular weight excluding hydrogens is 342 g/mol. The molecule has 6 heteroatoms. The van der Waals surface area contributed by atoms with E-state index in [-0.39, 0.29) is 12.5 Å². The summed E-state index contributed by atoms with van der Waals surface area (Å²) in [6, 6.07) is 8.66. The largest absolute Gasteiger partial charge is 0.396 e. The lowest BCUT2D eigenvalue weighted by molar-refractivity contribution is -0.00200. The van der Waals surface area contributed by atoms with Crippen molar-refractivity contribution in [2.24, 2.45) is 5.92 Å². The van der Waals surface area contributed by atoms with E-state index in [0.717, 1.165) is 56.1 Å². The Bertz CT molecular complexity index is 792. The van der Waals surface area contributed by atoms with Crippen LogP contribution >= 0.6 is 0 Å². The lowest BCUT2D eigenvalue weighted by Crippen LogP contribution is -2.44. The number of hydrogen-bond acceptors (Lipinski definition) is 6. The third kappa shape index (κ3) is 4.09. The highest BCUT2D eigenvalue weighted by molar-refractivity contribution is 5.82. The van der Waals surface area contributed by atoms with Crippen molar-refractivity contribution in [1.29, 1.82) is 0 Å². The number of benzene rings is 1. The van der Waals surface area contributed by atoms with Gasteiger partial charge in [-0.05, 0) is 31.0 Å². The number of rotatable bonds is 4. The van der Waals surface area contributed by atoms with Crippen LogP contribution in [0.25, 0.3) is 10.9 Å². The first-order valence-electron chi connectivity index (χ1n) is 9.88. The predicted molar refractivity (Wildman–Crippen MR) is 106 cm³/mol. The maximum atomic E-state index is 10.1. The van der Waals surface area contributed by atoms with Gasteiger partial charge >= 0.3 is 0 Å². The molecule has 3 heterocycles. The van der Waals surface area contributed by atoms with Crippen molar-refractivity contribution in [2.75, 3.05) is 50.9 Å². The molecule has 4 rings (SSSR count). The topological polar surface area (TPSA) is 69.1 Å². The Hall–Kier alpha value is -1.73. The van der Waals surface area contributed by atoms with Gasteiger partial charge in [0.25, 0.3) is 0 Å². The second-order valence-corrected chi connectivity index (χ2v) is 7.80. The average Bonchev–Trinajstić information content (AvgIpc) is 2.69. The molecule has 146 valence electrons. The first-order valence-corrected chi connectivity index (χ1v) is 9.88. The Labute approximate surface area is 160 Å². The van der Waals surface area contributed by atoms with E-state index in [1.54, 1.807) is 0 Å². The second kappa shape index (κ2) is 8.10. The number of nitrogens with zero attached hydrogens (tertiary/aromatic N) is 3. The summed E-state index contributed by atoms with van der Waals surface area (Å²) in [5, 5.41) is 20.8. The van der Waals surface area contributed by atoms with E-state index >= 15 is 0 Å². The maximum absolute atomic E-state index is 10.1. The number of anilines is 1. The van der Waals surface area contributed by atoms with Crippen LogP contribution < -0.4 is 4.90 Å². The fraction of sp³-hybridized carbons (Fsp3) is 0.571. The molecule has 2 fully saturated rings. The van der Waals surface area contributed by atoms with E-state index in [4.69, 9.17) is 9.72 Å². The van der Waals surface area contributed by atoms with Crippen molar-refractivity contribution in [2.45, 2.75) is 26.0 Å². The zero-order chi connectivity index (χ0) is 18.8. The number of aromatic nitrogens is 1. The monoisotopic (exact) mass is 371 g/mol. The molecule has 2 N–H and O–H groups in total. The van der Waals surface area contributed by atoms with E-state index in [1.807, 2.05) is 0 Å². The minimum atomic E-state index is -0.400. The van der Waals surface area contributed by atoms with Gasteiger partial charge in [0.2, 0.25) is 0 Å². The van der Waals surface area contributed by atoms with Crippen molar-refractivity contribution >= 4 is 16.7 Å². The molecule has 27 heavy (non-hydrogen) atoms. The van der Waals surface area contributed by atoms with Crippen LogP contribution in [0.4, 0.5) is 5.82 Å². The lowest BCUT2D eigenvalue weighted by atomic mass is 9.95. The summed E-state index contributed by atoms with van der Waals surface area (Å²) in [5.41, 5.74) is 3.45. The number of fused-ring (bicyclic) bond motifs is 1. The molecule has 0 amide bonds. The maximum Gasteiger partial charge on any atom is 0.133 e. The molecule has 2 aliphatic rings. The third-order valence-electron chi connectivity index (χ3n) is 5.75. The number of likely N-dealkylation sites (tertiary alicyclic amines) is 1. The van der Waals surface area contributed by atoms with E-state index in [9.17, 15) is 10.2 Å². The van der Waals surface area contributed by atoms with Crippen molar-refractivity contribution in [3.63, 3.8) is 0 Å². The SMILES string of the molecule is Cc1ccc2cc(CN3CC[C@H](O)[C@H](CO)C3)c(N3CCOCC3)nc2c1. The average molecular weight is 371 g/mol. The van der Waals surface area contributed by atoms with Crippen LogP contribution in [0.1, 0.15) is 17.5 Å². The van der Waals surface area contributed by atoms with E-state index in [0.29, 0.717) is 13.0 Å². The molecule has 0 bridgehead atoms. The molecule has 2 atom stereocenters. The second-order valence-electron chi connectivity index (χ2n) is 7.80. The standard InChI is InChI=1S/C21H29N3O3/c1-15-2-3-16-11-17(12-23-5-4-20(26)18(13-23)14-25)21(22-19(16)10-15)24-6-8-27-9-7-24/h2-3,10-11,18,20,25-26H,4-9,12-14H2,1H3/t18-,20-/m0/s1. The molecule has 0 unspecified atom stereocenters. The van der Waals surface area contributed by atoms with E-state index in [2.05, 4.69) is 41.0 Å². The number of aliphatic hydroxyl groups is 2. The Kier molecular flexibility index (Phi) is 5.59. The van der Waals surface area contributed by atoms with E-state index in [1.165, 1.54) is 11.1 Å². The number of ether oxygens (including phenoxy) is 1. The first kappa shape index (κ1) is 18.6. The Morgan fingerprint density at radius 2 is 2.00 bits per heavy atom. The van der Waals surface area contributed by atoms with Gasteiger partial charge in [-0.15, -0.1) is 0 Å². The number of hydrogen-bond donors (Lipinski definition) is 2. The molecule has 6 nitrogen and oxygen atoms in total. The molecule has 0 saturated carbocycles. The Morgan fingerprint density at radius 3 is 2.78 bits per heavy atom. The molecule has 1 aromatic heterocycles. The van der Waals surface area contributed by atoms with Gasteiger partial charge in [-0.1, -0.05) is 12.1 Å². The van der Waals surface area contributed by atoms with Gasteiger partial charge in [-0.25, -0.2) is 4.98 Å². The summed E-state index contributed by atoms with van der Waals surface area (Å²) in [7, 11) is 0. The third-order valence-corrected chi connectivity index (χ3v) is 5.75. The fourth-order valence-corrected chi connectivity index (χ4v) is 4.14. The van der Waals surface area contributed by atoms with Gasteiger partial charge in [0.15, 0.2) is 0 Å². The minimum absolute atomic E-state index is 0.0310. The minimum Gasteiger partial charge on any atom is -0.396 e. The van der Waals surface area contributed by atoms with Crippen LogP contribution in [-0.2, 0) is 11.3 Å². The summed E-state index contributed by atoms with van der Waals surface area (Å²) >= 11 is 0. The first-order chi connectivity index (χ1) is 13.1. The summed E-state index contributed by atoms with van der Waals surface area (Å²) in [6.45, 7) is 7.64. The quantitative estimate of drug-likeness (QED) is 0.850. The van der Waals surface area contributed by atoms with Crippen molar-refractivity contribution in [3.8, 4) is 0 Å². The number of piperidine rings is 1. The molecule has 0 radical (unpaired) electrons. The van der Waals surface area contributed by atoms with Crippen LogP contribution in [0.2, 0.25) is 0 Å². The Morgan fingerprint density at radius 1 is 1.19 bits per heavy atom. The normalized spacial score (nSPS) is 24.5. The summed E-state index contributed by atoms with van der Waals surface area (Å²) < 4.78 is 5.52. The molecule has 2 aliphatic heterocycles. The van der Waals surface area contributed by atoms with Crippen molar-refractivity contribution in [1.82, 2.24) is 9.88 Å². The highest BCUT2D eigenvalue weighted by Crippen LogP contribution is 2.28. The number of aryl methyl sites for hydroxylation is 1. The van der Waals surface area contributed by atoms with Crippen LogP contribution in [0.15, 0.2) is 24.3 Å². The van der Waals surface area contributed by atoms with Crippen molar-refractivity contribution in [3.05, 3.63) is 35.4 Å². The molecule has 1 aromatic carbocycles. The lowest BCUT2D eigenvalue weighted by Gasteiger charge is -2.36. The van der Waals surface area contributed by atoms with Crippen LogP contribution in [-0.4, -0.2) is 72.2 Å². The summed E-state index contributed by atoms with van der Waals surface area (Å²) in [4.78, 5) is 9.67. The van der Waals surface area contributed by atoms with Crippen LogP contribution in [0.5, 0.6) is 0 Å². The molecule has 0 spiro atoms. The smallest absolute Gasteiger partial charge is 0.133 e. The molecule has 0 aliphatic carbocycles. The summed E-state index contributed by atoms with van der Waals surface area (Å²) in [6.07, 6.45) is 0.306. The van der Waals surface area contributed by atoms with E-state index < -0.39 is 6.10 Å². The van der Waals surface area contributed by atoms with Gasteiger partial charge in [0.1, 0.15) is 5.82 Å². The zero-order valence-electron chi connectivity index (χ0n) is 16.0. The summed E-state index contributed by atoms with van der Waals surface area (Å²) in [5.74, 6) is 0.977. The number of pyridine rings is 1.